The van der Waals surface area contributed by atoms with Crippen molar-refractivity contribution in [2.75, 3.05) is 11.1 Å². The molecule has 0 fully saturated rings. The highest BCUT2D eigenvalue weighted by Gasteiger charge is 2.31. The summed E-state index contributed by atoms with van der Waals surface area (Å²) in [6.07, 6.45) is -4.46. The predicted molar refractivity (Wildman–Crippen MR) is 125 cm³/mol. The van der Waals surface area contributed by atoms with E-state index < -0.39 is 17.6 Å². The van der Waals surface area contributed by atoms with E-state index in [1.165, 1.54) is 11.8 Å². The zero-order valence-corrected chi connectivity index (χ0v) is 19.6. The topological polar surface area (TPSA) is 59.3 Å². The molecule has 1 N–H and O–H groups in total. The third-order valence-electron chi connectivity index (χ3n) is 5.23. The number of nitrogens with one attached hydrogen (secondary N) is 1. The van der Waals surface area contributed by atoms with Crippen molar-refractivity contribution in [1.29, 1.82) is 0 Å². The molecule has 1 amide bonds. The Labute approximate surface area is 197 Å². The minimum Gasteiger partial charge on any atom is -0.325 e. The molecule has 4 aromatic rings. The first-order valence-electron chi connectivity index (χ1n) is 10.1. The van der Waals surface area contributed by atoms with Gasteiger partial charge in [0.15, 0.2) is 10.8 Å². The molecule has 0 saturated heterocycles. The zero-order valence-electron chi connectivity index (χ0n) is 18.0. The maximum Gasteiger partial charge on any atom is 0.416 e. The highest BCUT2D eigenvalue weighted by molar-refractivity contribution is 7.99. The van der Waals surface area contributed by atoms with E-state index in [4.69, 9.17) is 11.6 Å². The quantitative estimate of drug-likeness (QED) is 0.319. The van der Waals surface area contributed by atoms with Gasteiger partial charge >= 0.3 is 6.18 Å². The second kappa shape index (κ2) is 8.87. The van der Waals surface area contributed by atoms with Gasteiger partial charge in [-0.2, -0.15) is 13.2 Å². The molecule has 2 aromatic carbocycles. The van der Waals surface area contributed by atoms with Crippen LogP contribution in [0.1, 0.15) is 28.7 Å². The van der Waals surface area contributed by atoms with Crippen molar-refractivity contribution < 1.29 is 18.0 Å². The molecule has 0 spiro atoms. The van der Waals surface area contributed by atoms with Crippen LogP contribution < -0.4 is 5.32 Å². The number of amides is 1. The Morgan fingerprint density at radius 3 is 2.58 bits per heavy atom. The molecule has 0 aliphatic heterocycles. The molecule has 0 bridgehead atoms. The number of anilines is 1. The molecule has 0 atom stereocenters. The summed E-state index contributed by atoms with van der Waals surface area (Å²) in [6, 6.07) is 9.02. The third kappa shape index (κ3) is 4.79. The standard InChI is InChI=1S/C23H20ClF3N4OS/c1-12-8-14(3)21-16(9-12)13(2)10-19-29-30-22(31(19)21)33-7-6-20(32)28-18-11-15(23(25,26)27)4-5-17(18)24/h4-5,8-11H,6-7H2,1-3H3,(H,28,32). The van der Waals surface area contributed by atoms with E-state index in [0.717, 1.165) is 51.4 Å². The fourth-order valence-corrected chi connectivity index (χ4v) is 4.80. The molecular weight excluding hydrogens is 473 g/mol. The average molecular weight is 493 g/mol. The van der Waals surface area contributed by atoms with Gasteiger partial charge in [-0.1, -0.05) is 35.0 Å². The largest absolute Gasteiger partial charge is 0.416 e. The molecule has 4 rings (SSSR count). The minimum atomic E-state index is -4.52. The molecule has 2 heterocycles. The smallest absolute Gasteiger partial charge is 0.325 e. The van der Waals surface area contributed by atoms with E-state index in [9.17, 15) is 18.0 Å². The molecule has 33 heavy (non-hydrogen) atoms. The fraction of sp³-hybridized carbons (Fsp3) is 0.261. The number of carbonyl (C=O) groups is 1. The highest BCUT2D eigenvalue weighted by Crippen LogP contribution is 2.34. The van der Waals surface area contributed by atoms with Gasteiger partial charge < -0.3 is 5.32 Å². The molecule has 10 heteroatoms. The normalized spacial score (nSPS) is 12.0. The van der Waals surface area contributed by atoms with Gasteiger partial charge in [0.1, 0.15) is 0 Å². The molecule has 0 radical (unpaired) electrons. The number of aryl methyl sites for hydroxylation is 3. The van der Waals surface area contributed by atoms with E-state index in [-0.39, 0.29) is 17.1 Å². The summed E-state index contributed by atoms with van der Waals surface area (Å²) in [5, 5.41) is 12.8. The third-order valence-corrected chi connectivity index (χ3v) is 6.49. The number of rotatable bonds is 5. The molecule has 2 aromatic heterocycles. The van der Waals surface area contributed by atoms with Crippen LogP contribution in [0.2, 0.25) is 5.02 Å². The molecular formula is C23H20ClF3N4OS. The van der Waals surface area contributed by atoms with Crippen LogP contribution >= 0.6 is 23.4 Å². The SMILES string of the molecule is Cc1cc(C)c2c(c1)c(C)cc1nnc(SCCC(=O)Nc3cc(C(F)(F)F)ccc3Cl)n12. The van der Waals surface area contributed by atoms with Crippen LogP contribution in [0.3, 0.4) is 0 Å². The predicted octanol–water partition coefficient (Wildman–Crippen LogP) is 6.60. The molecule has 172 valence electrons. The Kier molecular flexibility index (Phi) is 6.28. The number of hydrogen-bond acceptors (Lipinski definition) is 4. The number of fused-ring (bicyclic) bond motifs is 3. The first-order chi connectivity index (χ1) is 15.5. The number of aromatic nitrogens is 3. The lowest BCUT2D eigenvalue weighted by molar-refractivity contribution is -0.137. The number of pyridine rings is 1. The first kappa shape index (κ1) is 23.4. The zero-order chi connectivity index (χ0) is 23.9. The Morgan fingerprint density at radius 1 is 1.09 bits per heavy atom. The van der Waals surface area contributed by atoms with Gasteiger partial charge in [-0.15, -0.1) is 10.2 Å². The van der Waals surface area contributed by atoms with Crippen molar-refractivity contribution in [3.05, 3.63) is 63.7 Å². The number of carbonyl (C=O) groups excluding carboxylic acids is 1. The Balaban J connectivity index is 1.51. The molecule has 0 aliphatic carbocycles. The second-order valence-electron chi connectivity index (χ2n) is 7.82. The van der Waals surface area contributed by atoms with Gasteiger partial charge in [0.2, 0.25) is 5.91 Å². The van der Waals surface area contributed by atoms with Crippen molar-refractivity contribution in [3.63, 3.8) is 0 Å². The van der Waals surface area contributed by atoms with Gasteiger partial charge in [-0.25, -0.2) is 0 Å². The van der Waals surface area contributed by atoms with E-state index >= 15 is 0 Å². The van der Waals surface area contributed by atoms with E-state index in [1.807, 2.05) is 31.2 Å². The van der Waals surface area contributed by atoms with Gasteiger partial charge in [-0.05, 0) is 62.2 Å². The Morgan fingerprint density at radius 2 is 1.85 bits per heavy atom. The summed E-state index contributed by atoms with van der Waals surface area (Å²) in [7, 11) is 0. The molecule has 0 saturated carbocycles. The summed E-state index contributed by atoms with van der Waals surface area (Å²) >= 11 is 7.31. The van der Waals surface area contributed by atoms with Crippen molar-refractivity contribution in [2.45, 2.75) is 38.5 Å². The molecule has 0 aliphatic rings. The van der Waals surface area contributed by atoms with Crippen LogP contribution in [0, 0.1) is 20.8 Å². The van der Waals surface area contributed by atoms with E-state index in [0.29, 0.717) is 10.9 Å². The summed E-state index contributed by atoms with van der Waals surface area (Å²) in [5.41, 5.74) is 4.15. The first-order valence-corrected chi connectivity index (χ1v) is 11.5. The van der Waals surface area contributed by atoms with Crippen molar-refractivity contribution in [1.82, 2.24) is 14.6 Å². The summed E-state index contributed by atoms with van der Waals surface area (Å²) in [6.45, 7) is 6.12. The van der Waals surface area contributed by atoms with Crippen LogP contribution in [0.25, 0.3) is 16.6 Å². The number of nitrogens with zero attached hydrogens (tertiary/aromatic N) is 3. The second-order valence-corrected chi connectivity index (χ2v) is 9.29. The Hall–Kier alpha value is -2.78. The lowest BCUT2D eigenvalue weighted by atomic mass is 10.0. The molecule has 0 unspecified atom stereocenters. The van der Waals surface area contributed by atoms with Crippen LogP contribution in [0.4, 0.5) is 18.9 Å². The van der Waals surface area contributed by atoms with Crippen LogP contribution in [0.15, 0.2) is 41.6 Å². The van der Waals surface area contributed by atoms with Gasteiger partial charge in [0.05, 0.1) is 21.8 Å². The van der Waals surface area contributed by atoms with Gasteiger partial charge in [-0.3, -0.25) is 9.20 Å². The van der Waals surface area contributed by atoms with Crippen LogP contribution in [-0.4, -0.2) is 26.3 Å². The number of alkyl halides is 3. The van der Waals surface area contributed by atoms with Crippen LogP contribution in [-0.2, 0) is 11.0 Å². The number of thioether (sulfide) groups is 1. The van der Waals surface area contributed by atoms with Crippen molar-refractivity contribution in [2.24, 2.45) is 0 Å². The molecule has 5 nitrogen and oxygen atoms in total. The number of halogens is 4. The van der Waals surface area contributed by atoms with Crippen molar-refractivity contribution in [3.8, 4) is 0 Å². The number of benzene rings is 2. The number of hydrogen-bond donors (Lipinski definition) is 1. The maximum atomic E-state index is 12.9. The highest BCUT2D eigenvalue weighted by atomic mass is 35.5. The average Bonchev–Trinajstić information content (AvgIpc) is 3.11. The van der Waals surface area contributed by atoms with Gasteiger partial charge in [0.25, 0.3) is 0 Å². The van der Waals surface area contributed by atoms with Crippen molar-refractivity contribution >= 4 is 51.5 Å². The summed E-state index contributed by atoms with van der Waals surface area (Å²) < 4.78 is 40.8. The van der Waals surface area contributed by atoms with Gasteiger partial charge in [0, 0.05) is 17.6 Å². The monoisotopic (exact) mass is 492 g/mol. The van der Waals surface area contributed by atoms with Crippen LogP contribution in [0.5, 0.6) is 0 Å². The minimum absolute atomic E-state index is 0.0417. The fourth-order valence-electron chi connectivity index (χ4n) is 3.75. The van der Waals surface area contributed by atoms with E-state index in [2.05, 4.69) is 27.6 Å². The lowest BCUT2D eigenvalue weighted by Crippen LogP contribution is -2.14. The van der Waals surface area contributed by atoms with E-state index in [1.54, 1.807) is 0 Å². The lowest BCUT2D eigenvalue weighted by Gasteiger charge is -2.12. The summed E-state index contributed by atoms with van der Waals surface area (Å²) in [5.74, 6) is -0.0752. The summed E-state index contributed by atoms with van der Waals surface area (Å²) in [4.78, 5) is 12.4. The maximum absolute atomic E-state index is 12.9. The Bertz CT molecular complexity index is 1380.